The molecule has 4 heteroatoms. The van der Waals surface area contributed by atoms with E-state index < -0.39 is 0 Å². The van der Waals surface area contributed by atoms with Crippen molar-refractivity contribution in [1.29, 1.82) is 5.26 Å². The van der Waals surface area contributed by atoms with Crippen molar-refractivity contribution in [2.24, 2.45) is 0 Å². The maximum absolute atomic E-state index is 10.9. The molecule has 0 aliphatic heterocycles. The molecule has 0 amide bonds. The van der Waals surface area contributed by atoms with Gasteiger partial charge in [0.2, 0.25) is 0 Å². The van der Waals surface area contributed by atoms with Gasteiger partial charge in [0.25, 0.3) is 0 Å². The molecular formula is C17H9ClN2O. The first-order chi connectivity index (χ1) is 10.2. The van der Waals surface area contributed by atoms with Crippen LogP contribution in [0.4, 0.5) is 0 Å². The molecule has 1 aromatic heterocycles. The van der Waals surface area contributed by atoms with Gasteiger partial charge in [0.05, 0.1) is 27.9 Å². The van der Waals surface area contributed by atoms with Crippen LogP contribution in [0.2, 0.25) is 5.02 Å². The summed E-state index contributed by atoms with van der Waals surface area (Å²) in [6, 6.07) is 16.2. The summed E-state index contributed by atoms with van der Waals surface area (Å²) in [7, 11) is 0. The molecule has 0 atom stereocenters. The number of halogens is 1. The van der Waals surface area contributed by atoms with Gasteiger partial charge in [-0.3, -0.25) is 4.79 Å². The van der Waals surface area contributed by atoms with Gasteiger partial charge in [0, 0.05) is 16.5 Å². The molecule has 3 aromatic rings. The van der Waals surface area contributed by atoms with Crippen LogP contribution in [0.5, 0.6) is 0 Å². The Morgan fingerprint density at radius 2 is 2.00 bits per heavy atom. The number of benzene rings is 2. The van der Waals surface area contributed by atoms with Gasteiger partial charge in [-0.25, -0.2) is 4.98 Å². The molecule has 100 valence electrons. The van der Waals surface area contributed by atoms with Gasteiger partial charge in [-0.2, -0.15) is 5.26 Å². The predicted octanol–water partition coefficient (Wildman–Crippen LogP) is 4.24. The zero-order valence-electron chi connectivity index (χ0n) is 10.9. The largest absolute Gasteiger partial charge is 0.298 e. The van der Waals surface area contributed by atoms with Gasteiger partial charge in [0.15, 0.2) is 0 Å². The van der Waals surface area contributed by atoms with Crippen molar-refractivity contribution in [3.8, 4) is 17.3 Å². The standard InChI is InChI=1S/C17H9ClN2O/c18-15-8-16(13-3-1-2-11(6-13)9-19)20-17-7-12(10-21)4-5-14(15)17/h1-8,10H. The summed E-state index contributed by atoms with van der Waals surface area (Å²) in [6.07, 6.45) is 0.776. The lowest BCUT2D eigenvalue weighted by Crippen LogP contribution is -1.89. The number of carbonyl (C=O) groups excluding carboxylic acids is 1. The number of pyridine rings is 1. The minimum absolute atomic E-state index is 0.550. The van der Waals surface area contributed by atoms with E-state index in [1.165, 1.54) is 0 Å². The molecule has 0 saturated carbocycles. The Bertz CT molecular complexity index is 897. The van der Waals surface area contributed by atoms with E-state index in [1.54, 1.807) is 42.5 Å². The van der Waals surface area contributed by atoms with Gasteiger partial charge in [-0.15, -0.1) is 0 Å². The number of nitriles is 1. The van der Waals surface area contributed by atoms with Crippen LogP contribution >= 0.6 is 11.6 Å². The van der Waals surface area contributed by atoms with E-state index in [0.29, 0.717) is 27.4 Å². The Kier molecular flexibility index (Phi) is 3.39. The summed E-state index contributed by atoms with van der Waals surface area (Å²) in [5.74, 6) is 0. The van der Waals surface area contributed by atoms with E-state index in [1.807, 2.05) is 6.07 Å². The summed E-state index contributed by atoms with van der Waals surface area (Å²) in [6.45, 7) is 0. The number of fused-ring (bicyclic) bond motifs is 1. The lowest BCUT2D eigenvalue weighted by atomic mass is 10.1. The lowest BCUT2D eigenvalue weighted by molar-refractivity contribution is 0.112. The van der Waals surface area contributed by atoms with Gasteiger partial charge in [0.1, 0.15) is 6.29 Å². The molecular weight excluding hydrogens is 284 g/mol. The third-order valence-electron chi connectivity index (χ3n) is 3.21. The smallest absolute Gasteiger partial charge is 0.150 e. The highest BCUT2D eigenvalue weighted by molar-refractivity contribution is 6.35. The van der Waals surface area contributed by atoms with E-state index in [2.05, 4.69) is 11.1 Å². The molecule has 0 bridgehead atoms. The normalized spacial score (nSPS) is 10.3. The average Bonchev–Trinajstić information content (AvgIpc) is 2.54. The molecule has 0 fully saturated rings. The van der Waals surface area contributed by atoms with Crippen LogP contribution in [0.25, 0.3) is 22.2 Å². The Labute approximate surface area is 126 Å². The maximum atomic E-state index is 10.9. The van der Waals surface area contributed by atoms with Crippen molar-refractivity contribution >= 4 is 28.8 Å². The molecule has 3 rings (SSSR count). The van der Waals surface area contributed by atoms with Gasteiger partial charge in [-0.05, 0) is 24.3 Å². The molecule has 0 aliphatic rings. The van der Waals surface area contributed by atoms with Crippen molar-refractivity contribution in [2.45, 2.75) is 0 Å². The molecule has 0 aliphatic carbocycles. The highest BCUT2D eigenvalue weighted by atomic mass is 35.5. The summed E-state index contributed by atoms with van der Waals surface area (Å²) >= 11 is 6.29. The minimum Gasteiger partial charge on any atom is -0.298 e. The summed E-state index contributed by atoms with van der Waals surface area (Å²) < 4.78 is 0. The van der Waals surface area contributed by atoms with E-state index >= 15 is 0 Å². The molecule has 3 nitrogen and oxygen atoms in total. The fourth-order valence-corrected chi connectivity index (χ4v) is 2.44. The van der Waals surface area contributed by atoms with Crippen LogP contribution in [-0.4, -0.2) is 11.3 Å². The highest BCUT2D eigenvalue weighted by Crippen LogP contribution is 2.28. The maximum Gasteiger partial charge on any atom is 0.150 e. The second-order valence-electron chi connectivity index (χ2n) is 4.58. The monoisotopic (exact) mass is 292 g/mol. The molecule has 0 radical (unpaired) electrons. The molecule has 1 heterocycles. The molecule has 0 spiro atoms. The van der Waals surface area contributed by atoms with Crippen molar-refractivity contribution in [1.82, 2.24) is 4.98 Å². The highest BCUT2D eigenvalue weighted by Gasteiger charge is 2.07. The summed E-state index contributed by atoms with van der Waals surface area (Å²) in [4.78, 5) is 15.4. The molecule has 0 unspecified atom stereocenters. The Morgan fingerprint density at radius 3 is 2.76 bits per heavy atom. The van der Waals surface area contributed by atoms with E-state index in [0.717, 1.165) is 17.2 Å². The average molecular weight is 293 g/mol. The predicted molar refractivity (Wildman–Crippen MR) is 82.3 cm³/mol. The van der Waals surface area contributed by atoms with Crippen molar-refractivity contribution in [3.63, 3.8) is 0 Å². The zero-order valence-corrected chi connectivity index (χ0v) is 11.6. The fraction of sp³-hybridized carbons (Fsp3) is 0. The number of rotatable bonds is 2. The fourth-order valence-electron chi connectivity index (χ4n) is 2.17. The SMILES string of the molecule is N#Cc1cccc(-c2cc(Cl)c3ccc(C=O)cc3n2)c1. The zero-order chi connectivity index (χ0) is 14.8. The van der Waals surface area contributed by atoms with Gasteiger partial charge < -0.3 is 0 Å². The Morgan fingerprint density at radius 1 is 1.14 bits per heavy atom. The quantitative estimate of drug-likeness (QED) is 0.664. The molecule has 21 heavy (non-hydrogen) atoms. The third kappa shape index (κ3) is 2.49. The number of aldehydes is 1. The Hall–Kier alpha value is -2.70. The lowest BCUT2D eigenvalue weighted by Gasteiger charge is -2.06. The van der Waals surface area contributed by atoms with E-state index in [4.69, 9.17) is 16.9 Å². The van der Waals surface area contributed by atoms with Crippen LogP contribution in [0.1, 0.15) is 15.9 Å². The molecule has 0 saturated heterocycles. The van der Waals surface area contributed by atoms with E-state index in [9.17, 15) is 4.79 Å². The first-order valence-electron chi connectivity index (χ1n) is 6.27. The van der Waals surface area contributed by atoms with Crippen LogP contribution < -0.4 is 0 Å². The Balaban J connectivity index is 2.23. The van der Waals surface area contributed by atoms with Crippen LogP contribution in [0, 0.1) is 11.3 Å². The van der Waals surface area contributed by atoms with Crippen molar-refractivity contribution < 1.29 is 4.79 Å². The number of aromatic nitrogens is 1. The summed E-state index contributed by atoms with van der Waals surface area (Å²) in [5.41, 5.74) is 3.26. The first-order valence-corrected chi connectivity index (χ1v) is 6.65. The number of nitrogens with zero attached hydrogens (tertiary/aromatic N) is 2. The molecule has 2 aromatic carbocycles. The van der Waals surface area contributed by atoms with E-state index in [-0.39, 0.29) is 0 Å². The first kappa shape index (κ1) is 13.3. The van der Waals surface area contributed by atoms with Gasteiger partial charge in [-0.1, -0.05) is 35.9 Å². The van der Waals surface area contributed by atoms with Crippen molar-refractivity contribution in [2.75, 3.05) is 0 Å². The third-order valence-corrected chi connectivity index (χ3v) is 3.52. The second-order valence-corrected chi connectivity index (χ2v) is 4.98. The van der Waals surface area contributed by atoms with Gasteiger partial charge >= 0.3 is 0 Å². The molecule has 0 N–H and O–H groups in total. The minimum atomic E-state index is 0.550. The summed E-state index contributed by atoms with van der Waals surface area (Å²) in [5, 5.41) is 10.3. The topological polar surface area (TPSA) is 53.8 Å². The number of hydrogen-bond donors (Lipinski definition) is 0. The van der Waals surface area contributed by atoms with Crippen LogP contribution in [0.3, 0.4) is 0 Å². The second kappa shape index (κ2) is 5.35. The number of hydrogen-bond acceptors (Lipinski definition) is 3. The van der Waals surface area contributed by atoms with Crippen LogP contribution in [0.15, 0.2) is 48.5 Å². The number of carbonyl (C=O) groups is 1. The van der Waals surface area contributed by atoms with Crippen LogP contribution in [-0.2, 0) is 0 Å². The van der Waals surface area contributed by atoms with Crippen molar-refractivity contribution in [3.05, 3.63) is 64.7 Å².